The zero-order chi connectivity index (χ0) is 22.7. The van der Waals surface area contributed by atoms with Crippen molar-refractivity contribution < 1.29 is 14.0 Å². The molecule has 7 nitrogen and oxygen atoms in total. The highest BCUT2D eigenvalue weighted by atomic mass is 32.1. The Kier molecular flexibility index (Phi) is 6.45. The topological polar surface area (TPSA) is 87.2 Å². The van der Waals surface area contributed by atoms with E-state index in [4.69, 9.17) is 0 Å². The molecule has 0 saturated carbocycles. The van der Waals surface area contributed by atoms with Gasteiger partial charge in [-0.2, -0.15) is 0 Å². The predicted octanol–water partition coefficient (Wildman–Crippen LogP) is 4.96. The highest BCUT2D eigenvalue weighted by molar-refractivity contribution is 7.13. The van der Waals surface area contributed by atoms with Crippen LogP contribution in [0.1, 0.15) is 44.7 Å². The number of piperidine rings is 1. The van der Waals surface area contributed by atoms with Crippen molar-refractivity contribution in [3.8, 4) is 0 Å². The summed E-state index contributed by atoms with van der Waals surface area (Å²) in [6, 6.07) is 11.7. The number of urea groups is 1. The van der Waals surface area contributed by atoms with E-state index in [1.807, 2.05) is 32.0 Å². The van der Waals surface area contributed by atoms with E-state index in [-0.39, 0.29) is 22.6 Å². The maximum absolute atomic E-state index is 13.8. The maximum atomic E-state index is 13.8. The van der Waals surface area contributed by atoms with Gasteiger partial charge in [0.15, 0.2) is 0 Å². The third kappa shape index (κ3) is 4.94. The minimum Gasteiger partial charge on any atom is -0.324 e. The largest absolute Gasteiger partial charge is 0.324 e. The van der Waals surface area contributed by atoms with Gasteiger partial charge < -0.3 is 15.5 Å². The molecule has 1 aliphatic heterocycles. The number of halogens is 1. The molecule has 1 aliphatic rings. The Labute approximate surface area is 189 Å². The van der Waals surface area contributed by atoms with Gasteiger partial charge in [-0.3, -0.25) is 4.79 Å². The number of hydrogen-bond donors (Lipinski definition) is 2. The molecule has 0 spiro atoms. The van der Waals surface area contributed by atoms with E-state index in [9.17, 15) is 14.0 Å². The number of para-hydroxylation sites is 1. The van der Waals surface area contributed by atoms with Crippen molar-refractivity contribution >= 4 is 34.6 Å². The van der Waals surface area contributed by atoms with Crippen molar-refractivity contribution in [1.29, 1.82) is 0 Å². The van der Waals surface area contributed by atoms with E-state index < -0.39 is 11.7 Å². The number of anilines is 2. The third-order valence-electron chi connectivity index (χ3n) is 5.65. The van der Waals surface area contributed by atoms with Gasteiger partial charge in [-0.15, -0.1) is 10.2 Å². The second-order valence-corrected chi connectivity index (χ2v) is 8.88. The highest BCUT2D eigenvalue weighted by Gasteiger charge is 2.27. The summed E-state index contributed by atoms with van der Waals surface area (Å²) in [7, 11) is 0. The summed E-state index contributed by atoms with van der Waals surface area (Å²) in [5.74, 6) is -0.853. The third-order valence-corrected chi connectivity index (χ3v) is 6.73. The number of carbonyl (C=O) groups excluding carboxylic acids is 2. The van der Waals surface area contributed by atoms with Crippen LogP contribution >= 0.6 is 11.3 Å². The van der Waals surface area contributed by atoms with Gasteiger partial charge in [0.2, 0.25) is 5.01 Å². The second kappa shape index (κ2) is 9.44. The van der Waals surface area contributed by atoms with Gasteiger partial charge in [-0.1, -0.05) is 29.5 Å². The molecule has 2 heterocycles. The molecular weight excluding hydrogens is 429 g/mol. The molecule has 1 saturated heterocycles. The van der Waals surface area contributed by atoms with Crippen molar-refractivity contribution in [3.63, 3.8) is 0 Å². The molecule has 0 bridgehead atoms. The number of rotatable bonds is 4. The number of nitrogens with zero attached hydrogens (tertiary/aromatic N) is 3. The minimum absolute atomic E-state index is 0.109. The molecule has 32 heavy (non-hydrogen) atoms. The average Bonchev–Trinajstić information content (AvgIpc) is 3.28. The molecule has 0 radical (unpaired) electrons. The summed E-state index contributed by atoms with van der Waals surface area (Å²) in [6.07, 6.45) is 1.48. The van der Waals surface area contributed by atoms with Gasteiger partial charge in [-0.25, -0.2) is 9.18 Å². The Balaban J connectivity index is 1.32. The number of benzene rings is 2. The van der Waals surface area contributed by atoms with E-state index in [1.54, 1.807) is 17.0 Å². The van der Waals surface area contributed by atoms with Crippen molar-refractivity contribution in [1.82, 2.24) is 15.1 Å². The summed E-state index contributed by atoms with van der Waals surface area (Å²) in [5.41, 5.74) is 3.21. The van der Waals surface area contributed by atoms with Crippen molar-refractivity contribution in [2.75, 3.05) is 23.7 Å². The van der Waals surface area contributed by atoms with Gasteiger partial charge in [0.25, 0.3) is 5.91 Å². The van der Waals surface area contributed by atoms with Gasteiger partial charge in [0.05, 0.1) is 5.69 Å². The number of nitrogens with one attached hydrogen (secondary N) is 2. The average molecular weight is 454 g/mol. The van der Waals surface area contributed by atoms with Gasteiger partial charge in [0.1, 0.15) is 10.8 Å². The van der Waals surface area contributed by atoms with Crippen LogP contribution in [0.3, 0.4) is 0 Å². The normalized spacial score (nSPS) is 14.3. The van der Waals surface area contributed by atoms with Gasteiger partial charge in [-0.05, 0) is 62.1 Å². The number of amides is 3. The van der Waals surface area contributed by atoms with Crippen molar-refractivity contribution in [2.24, 2.45) is 0 Å². The highest BCUT2D eigenvalue weighted by Crippen LogP contribution is 2.31. The van der Waals surface area contributed by atoms with Gasteiger partial charge in [0, 0.05) is 24.7 Å². The number of aryl methyl sites for hydroxylation is 2. The Morgan fingerprint density at radius 2 is 1.78 bits per heavy atom. The van der Waals surface area contributed by atoms with Crippen LogP contribution in [0.15, 0.2) is 42.5 Å². The Morgan fingerprint density at radius 1 is 1.03 bits per heavy atom. The summed E-state index contributed by atoms with van der Waals surface area (Å²) < 4.78 is 13.8. The van der Waals surface area contributed by atoms with Crippen molar-refractivity contribution in [2.45, 2.75) is 32.6 Å². The number of carbonyl (C=O) groups is 2. The lowest BCUT2D eigenvalue weighted by Gasteiger charge is -2.31. The fourth-order valence-corrected chi connectivity index (χ4v) is 4.49. The quantitative estimate of drug-likeness (QED) is 0.585. The van der Waals surface area contributed by atoms with Crippen LogP contribution in [0.25, 0.3) is 0 Å². The standard InChI is InChI=1S/C23H24FN5O2S/c1-14-7-8-17(13-15(14)2)25-23(31)29-11-9-16(10-12-29)21-27-28-22(32-21)20(30)26-19-6-4-3-5-18(19)24/h3-8,13,16H,9-12H2,1-2H3,(H,25,31)(H,26,30). The Hall–Kier alpha value is -3.33. The molecule has 0 aliphatic carbocycles. The van der Waals surface area contributed by atoms with Crippen LogP contribution in [0, 0.1) is 19.7 Å². The van der Waals surface area contributed by atoms with Crippen LogP contribution in [-0.2, 0) is 0 Å². The van der Waals surface area contributed by atoms with Crippen LogP contribution in [0.4, 0.5) is 20.6 Å². The lowest BCUT2D eigenvalue weighted by atomic mass is 9.98. The maximum Gasteiger partial charge on any atom is 0.321 e. The first-order valence-corrected chi connectivity index (χ1v) is 11.2. The molecule has 2 aromatic carbocycles. The molecule has 0 atom stereocenters. The molecule has 0 unspecified atom stereocenters. The van der Waals surface area contributed by atoms with E-state index >= 15 is 0 Å². The van der Waals surface area contributed by atoms with Gasteiger partial charge >= 0.3 is 6.03 Å². The van der Waals surface area contributed by atoms with Crippen LogP contribution in [-0.4, -0.2) is 40.1 Å². The lowest BCUT2D eigenvalue weighted by Crippen LogP contribution is -2.40. The fourth-order valence-electron chi connectivity index (χ4n) is 3.58. The SMILES string of the molecule is Cc1ccc(NC(=O)N2CCC(c3nnc(C(=O)Nc4ccccc4F)s3)CC2)cc1C. The van der Waals surface area contributed by atoms with Crippen LogP contribution in [0.2, 0.25) is 0 Å². The predicted molar refractivity (Wildman–Crippen MR) is 123 cm³/mol. The molecule has 9 heteroatoms. The molecule has 3 aromatic rings. The smallest absolute Gasteiger partial charge is 0.321 e. The van der Waals surface area contributed by atoms with E-state index in [0.717, 1.165) is 29.1 Å². The molecule has 1 aromatic heterocycles. The first-order chi connectivity index (χ1) is 15.4. The summed E-state index contributed by atoms with van der Waals surface area (Å²) in [4.78, 5) is 26.8. The molecule has 3 amide bonds. The first-order valence-electron chi connectivity index (χ1n) is 10.4. The number of aromatic nitrogens is 2. The van der Waals surface area contributed by atoms with Crippen LogP contribution < -0.4 is 10.6 Å². The second-order valence-electron chi connectivity index (χ2n) is 7.87. The fraction of sp³-hybridized carbons (Fsp3) is 0.304. The summed E-state index contributed by atoms with van der Waals surface area (Å²) in [5, 5.41) is 14.6. The zero-order valence-corrected chi connectivity index (χ0v) is 18.7. The lowest BCUT2D eigenvalue weighted by molar-refractivity contribution is 0.102. The minimum atomic E-state index is -0.503. The van der Waals surface area contributed by atoms with E-state index in [2.05, 4.69) is 20.8 Å². The molecular formula is C23H24FN5O2S. The number of hydrogen-bond acceptors (Lipinski definition) is 5. The van der Waals surface area contributed by atoms with Crippen LogP contribution in [0.5, 0.6) is 0 Å². The molecule has 2 N–H and O–H groups in total. The Morgan fingerprint density at radius 3 is 2.50 bits per heavy atom. The summed E-state index contributed by atoms with van der Waals surface area (Å²) in [6.45, 7) is 5.24. The first kappa shape index (κ1) is 21.9. The zero-order valence-electron chi connectivity index (χ0n) is 17.9. The summed E-state index contributed by atoms with van der Waals surface area (Å²) >= 11 is 1.21. The van der Waals surface area contributed by atoms with E-state index in [0.29, 0.717) is 13.1 Å². The molecule has 4 rings (SSSR count). The number of likely N-dealkylation sites (tertiary alicyclic amines) is 1. The molecule has 1 fully saturated rings. The Bertz CT molecular complexity index is 1140. The monoisotopic (exact) mass is 453 g/mol. The molecule has 166 valence electrons. The van der Waals surface area contributed by atoms with E-state index in [1.165, 1.54) is 29.0 Å². The van der Waals surface area contributed by atoms with Crippen molar-refractivity contribution in [3.05, 3.63) is 69.4 Å².